The summed E-state index contributed by atoms with van der Waals surface area (Å²) in [7, 11) is 0. The number of benzene rings is 1. The first kappa shape index (κ1) is 15.6. The fourth-order valence-electron chi connectivity index (χ4n) is 3.45. The van der Waals surface area contributed by atoms with E-state index in [-0.39, 0.29) is 11.3 Å². The highest BCUT2D eigenvalue weighted by molar-refractivity contribution is 5.98. The van der Waals surface area contributed by atoms with Gasteiger partial charge in [0.2, 0.25) is 0 Å². The van der Waals surface area contributed by atoms with Crippen LogP contribution in [-0.4, -0.2) is 60.4 Å². The van der Waals surface area contributed by atoms with E-state index in [2.05, 4.69) is 20.4 Å². The fourth-order valence-corrected chi connectivity index (χ4v) is 3.45. The molecule has 1 aromatic heterocycles. The Bertz CT molecular complexity index is 745. The van der Waals surface area contributed by atoms with Crippen LogP contribution in [-0.2, 0) is 4.74 Å². The number of hydrogen-bond donors (Lipinski definition) is 2. The lowest BCUT2D eigenvalue weighted by atomic mass is 10.1. The number of morpholine rings is 1. The average molecular weight is 328 g/mol. The van der Waals surface area contributed by atoms with Gasteiger partial charge in [-0.1, -0.05) is 0 Å². The molecule has 2 N–H and O–H groups in total. The molecule has 2 heterocycles. The number of amides is 1. The minimum absolute atomic E-state index is 0.00533. The highest BCUT2D eigenvalue weighted by Crippen LogP contribution is 2.45. The van der Waals surface area contributed by atoms with Crippen molar-refractivity contribution >= 4 is 16.8 Å². The number of H-pyrrole nitrogens is 1. The molecule has 1 aliphatic carbocycles. The molecule has 0 unspecified atom stereocenters. The molecular formula is C18H24N4O2. The van der Waals surface area contributed by atoms with Crippen molar-refractivity contribution in [1.82, 2.24) is 20.4 Å². The first-order valence-corrected chi connectivity index (χ1v) is 8.68. The number of nitrogens with one attached hydrogen (secondary N) is 2. The number of carbonyl (C=O) groups is 1. The Labute approximate surface area is 141 Å². The molecule has 1 saturated heterocycles. The fraction of sp³-hybridized carbons (Fsp3) is 0.556. The van der Waals surface area contributed by atoms with E-state index in [4.69, 9.17) is 4.74 Å². The second kappa shape index (κ2) is 6.18. The maximum Gasteiger partial charge on any atom is 0.251 e. The Morgan fingerprint density at radius 1 is 1.38 bits per heavy atom. The minimum Gasteiger partial charge on any atom is -0.379 e. The minimum atomic E-state index is 0.00533. The van der Waals surface area contributed by atoms with Crippen molar-refractivity contribution in [2.45, 2.75) is 19.8 Å². The van der Waals surface area contributed by atoms with Crippen LogP contribution in [0.3, 0.4) is 0 Å². The SMILES string of the molecule is Cc1[nH]nc2ccc(C(=O)NCC3(CN4CCOCC4)CC3)cc12. The van der Waals surface area contributed by atoms with Crippen molar-refractivity contribution in [3.05, 3.63) is 29.5 Å². The molecule has 2 fully saturated rings. The molecule has 128 valence electrons. The number of hydrogen-bond acceptors (Lipinski definition) is 4. The highest BCUT2D eigenvalue weighted by Gasteiger charge is 2.44. The average Bonchev–Trinajstić information content (AvgIpc) is 3.28. The van der Waals surface area contributed by atoms with Crippen molar-refractivity contribution in [3.63, 3.8) is 0 Å². The van der Waals surface area contributed by atoms with Gasteiger partial charge in [-0.25, -0.2) is 0 Å². The normalized spacial score (nSPS) is 20.2. The third kappa shape index (κ3) is 3.16. The molecule has 24 heavy (non-hydrogen) atoms. The van der Waals surface area contributed by atoms with E-state index >= 15 is 0 Å². The van der Waals surface area contributed by atoms with Gasteiger partial charge in [-0.2, -0.15) is 5.10 Å². The van der Waals surface area contributed by atoms with Gasteiger partial charge < -0.3 is 10.1 Å². The van der Waals surface area contributed by atoms with Gasteiger partial charge in [0.1, 0.15) is 0 Å². The molecule has 6 heteroatoms. The van der Waals surface area contributed by atoms with Crippen molar-refractivity contribution in [2.75, 3.05) is 39.4 Å². The molecule has 1 saturated carbocycles. The third-order valence-corrected chi connectivity index (χ3v) is 5.25. The number of fused-ring (bicyclic) bond motifs is 1. The molecule has 0 bridgehead atoms. The van der Waals surface area contributed by atoms with Gasteiger partial charge in [0.05, 0.1) is 18.7 Å². The predicted octanol–water partition coefficient (Wildman–Crippen LogP) is 1.71. The Balaban J connectivity index is 1.37. The van der Waals surface area contributed by atoms with Crippen molar-refractivity contribution in [2.24, 2.45) is 5.41 Å². The second-order valence-electron chi connectivity index (χ2n) is 7.15. The second-order valence-corrected chi connectivity index (χ2v) is 7.15. The zero-order chi connectivity index (χ0) is 16.6. The molecule has 6 nitrogen and oxygen atoms in total. The summed E-state index contributed by atoms with van der Waals surface area (Å²) < 4.78 is 5.41. The summed E-state index contributed by atoms with van der Waals surface area (Å²) in [5.41, 5.74) is 2.86. The number of aromatic nitrogens is 2. The first-order valence-electron chi connectivity index (χ1n) is 8.68. The van der Waals surface area contributed by atoms with E-state index in [0.29, 0.717) is 5.56 Å². The molecule has 4 rings (SSSR count). The van der Waals surface area contributed by atoms with Gasteiger partial charge in [0, 0.05) is 48.2 Å². The predicted molar refractivity (Wildman–Crippen MR) is 92.1 cm³/mol. The summed E-state index contributed by atoms with van der Waals surface area (Å²) in [4.78, 5) is 15.0. The zero-order valence-corrected chi connectivity index (χ0v) is 14.1. The van der Waals surface area contributed by atoms with Crippen LogP contribution in [0.15, 0.2) is 18.2 Å². The summed E-state index contributed by atoms with van der Waals surface area (Å²) in [6.07, 6.45) is 2.40. The Kier molecular flexibility index (Phi) is 4.02. The number of aromatic amines is 1. The van der Waals surface area contributed by atoms with Crippen molar-refractivity contribution in [3.8, 4) is 0 Å². The van der Waals surface area contributed by atoms with E-state index in [1.807, 2.05) is 25.1 Å². The lowest BCUT2D eigenvalue weighted by Crippen LogP contribution is -2.43. The van der Waals surface area contributed by atoms with Gasteiger partial charge in [-0.05, 0) is 38.0 Å². The van der Waals surface area contributed by atoms with Crippen LogP contribution < -0.4 is 5.32 Å². The number of carbonyl (C=O) groups excluding carboxylic acids is 1. The molecule has 0 atom stereocenters. The van der Waals surface area contributed by atoms with Gasteiger partial charge in [-0.15, -0.1) is 0 Å². The van der Waals surface area contributed by atoms with Crippen LogP contribution >= 0.6 is 0 Å². The third-order valence-electron chi connectivity index (χ3n) is 5.25. The van der Waals surface area contributed by atoms with E-state index < -0.39 is 0 Å². The number of aryl methyl sites for hydroxylation is 1. The summed E-state index contributed by atoms with van der Waals surface area (Å²) in [5.74, 6) is 0.00533. The number of ether oxygens (including phenoxy) is 1. The summed E-state index contributed by atoms with van der Waals surface area (Å²) in [6, 6.07) is 5.67. The summed E-state index contributed by atoms with van der Waals surface area (Å²) in [6.45, 7) is 7.46. The smallest absolute Gasteiger partial charge is 0.251 e. The van der Waals surface area contributed by atoms with Crippen LogP contribution in [0.25, 0.3) is 10.9 Å². The van der Waals surface area contributed by atoms with E-state index in [0.717, 1.165) is 56.0 Å². The summed E-state index contributed by atoms with van der Waals surface area (Å²) >= 11 is 0. The molecule has 1 aliphatic heterocycles. The Morgan fingerprint density at radius 2 is 2.17 bits per heavy atom. The molecule has 2 aliphatic rings. The summed E-state index contributed by atoms with van der Waals surface area (Å²) in [5, 5.41) is 11.3. The van der Waals surface area contributed by atoms with Gasteiger partial charge in [0.15, 0.2) is 0 Å². The van der Waals surface area contributed by atoms with E-state index in [9.17, 15) is 4.79 Å². The molecular weight excluding hydrogens is 304 g/mol. The Hall–Kier alpha value is -1.92. The largest absolute Gasteiger partial charge is 0.379 e. The molecule has 0 radical (unpaired) electrons. The van der Waals surface area contributed by atoms with Gasteiger partial charge in [-0.3, -0.25) is 14.8 Å². The van der Waals surface area contributed by atoms with Gasteiger partial charge in [0.25, 0.3) is 5.91 Å². The highest BCUT2D eigenvalue weighted by atomic mass is 16.5. The topological polar surface area (TPSA) is 70.2 Å². The maximum atomic E-state index is 12.5. The monoisotopic (exact) mass is 328 g/mol. The van der Waals surface area contributed by atoms with Crippen LogP contribution in [0.1, 0.15) is 28.9 Å². The lowest BCUT2D eigenvalue weighted by molar-refractivity contribution is 0.0283. The number of nitrogens with zero attached hydrogens (tertiary/aromatic N) is 2. The molecule has 1 aromatic carbocycles. The molecule has 2 aromatic rings. The maximum absolute atomic E-state index is 12.5. The first-order chi connectivity index (χ1) is 11.7. The number of rotatable bonds is 5. The van der Waals surface area contributed by atoms with Crippen molar-refractivity contribution in [1.29, 1.82) is 0 Å². The Morgan fingerprint density at radius 3 is 2.92 bits per heavy atom. The zero-order valence-electron chi connectivity index (χ0n) is 14.1. The van der Waals surface area contributed by atoms with E-state index in [1.54, 1.807) is 0 Å². The molecule has 0 spiro atoms. The van der Waals surface area contributed by atoms with Crippen LogP contribution in [0.5, 0.6) is 0 Å². The van der Waals surface area contributed by atoms with Crippen LogP contribution in [0.2, 0.25) is 0 Å². The van der Waals surface area contributed by atoms with E-state index in [1.165, 1.54) is 12.8 Å². The van der Waals surface area contributed by atoms with Crippen LogP contribution in [0, 0.1) is 12.3 Å². The lowest BCUT2D eigenvalue weighted by Gasteiger charge is -2.30. The van der Waals surface area contributed by atoms with Crippen LogP contribution in [0.4, 0.5) is 0 Å². The van der Waals surface area contributed by atoms with Crippen molar-refractivity contribution < 1.29 is 9.53 Å². The molecule has 1 amide bonds. The van der Waals surface area contributed by atoms with Gasteiger partial charge >= 0.3 is 0 Å². The quantitative estimate of drug-likeness (QED) is 0.877. The standard InChI is InChI=1S/C18H24N4O2/c1-13-15-10-14(2-3-16(15)21-20-13)17(23)19-11-18(4-5-18)12-22-6-8-24-9-7-22/h2-3,10H,4-9,11-12H2,1H3,(H,19,23)(H,20,21).